The summed E-state index contributed by atoms with van der Waals surface area (Å²) in [6, 6.07) is 5.93. The predicted octanol–water partition coefficient (Wildman–Crippen LogP) is 3.48. The fourth-order valence-corrected chi connectivity index (χ4v) is 2.55. The first-order valence-corrected chi connectivity index (χ1v) is 7.46. The Labute approximate surface area is 115 Å². The summed E-state index contributed by atoms with van der Waals surface area (Å²) in [5.74, 6) is -0.158. The summed E-state index contributed by atoms with van der Waals surface area (Å²) in [6.45, 7) is 5.31. The van der Waals surface area contributed by atoms with E-state index in [1.54, 1.807) is 12.1 Å². The Balaban J connectivity index is 2.26. The third kappa shape index (κ3) is 3.69. The summed E-state index contributed by atoms with van der Waals surface area (Å²) in [6.07, 6.45) is 5.32. The van der Waals surface area contributed by atoms with Gasteiger partial charge in [-0.05, 0) is 55.9 Å². The first-order chi connectivity index (χ1) is 9.15. The van der Waals surface area contributed by atoms with E-state index in [0.717, 1.165) is 31.4 Å². The van der Waals surface area contributed by atoms with E-state index >= 15 is 0 Å². The van der Waals surface area contributed by atoms with E-state index in [9.17, 15) is 4.39 Å². The van der Waals surface area contributed by atoms with Gasteiger partial charge in [0.25, 0.3) is 0 Å². The Morgan fingerprint density at radius 3 is 2.68 bits per heavy atom. The van der Waals surface area contributed by atoms with Crippen LogP contribution in [0.2, 0.25) is 0 Å². The van der Waals surface area contributed by atoms with Gasteiger partial charge in [0.15, 0.2) is 0 Å². The number of nitrogens with two attached hydrogens (primary N) is 1. The molecule has 2 N–H and O–H groups in total. The Morgan fingerprint density at radius 1 is 1.37 bits per heavy atom. The molecule has 1 unspecified atom stereocenters. The molecule has 3 heteroatoms. The van der Waals surface area contributed by atoms with Crippen LogP contribution in [-0.2, 0) is 6.42 Å². The van der Waals surface area contributed by atoms with Crippen LogP contribution in [0.3, 0.4) is 0 Å². The quantitative estimate of drug-likeness (QED) is 0.817. The number of halogens is 1. The monoisotopic (exact) mass is 264 g/mol. The lowest BCUT2D eigenvalue weighted by Gasteiger charge is -2.27. The van der Waals surface area contributed by atoms with Crippen molar-refractivity contribution in [2.45, 2.75) is 58.0 Å². The second-order valence-corrected chi connectivity index (χ2v) is 5.57. The van der Waals surface area contributed by atoms with Crippen molar-refractivity contribution in [2.24, 2.45) is 5.73 Å². The van der Waals surface area contributed by atoms with Crippen molar-refractivity contribution in [3.05, 3.63) is 29.6 Å². The second kappa shape index (κ2) is 6.38. The maximum absolute atomic E-state index is 13.5. The van der Waals surface area contributed by atoms with Crippen molar-refractivity contribution < 1.29 is 4.39 Å². The fourth-order valence-electron chi connectivity index (χ4n) is 2.55. The summed E-state index contributed by atoms with van der Waals surface area (Å²) in [7, 11) is 0. The Morgan fingerprint density at radius 2 is 2.11 bits per heavy atom. The van der Waals surface area contributed by atoms with Crippen LogP contribution < -0.4 is 10.6 Å². The highest BCUT2D eigenvalue weighted by atomic mass is 19.1. The normalized spacial score (nSPS) is 16.4. The molecule has 2 nitrogen and oxygen atoms in total. The third-order valence-corrected chi connectivity index (χ3v) is 3.81. The number of anilines is 1. The highest BCUT2D eigenvalue weighted by Crippen LogP contribution is 2.34. The summed E-state index contributed by atoms with van der Waals surface area (Å²) in [5, 5.41) is 0. The summed E-state index contributed by atoms with van der Waals surface area (Å²) >= 11 is 0. The van der Waals surface area contributed by atoms with Gasteiger partial charge in [-0.15, -0.1) is 0 Å². The average Bonchev–Trinajstić information content (AvgIpc) is 3.21. The molecule has 0 bridgehead atoms. The average molecular weight is 264 g/mol. The number of nitrogens with zero attached hydrogens (tertiary/aromatic N) is 1. The molecule has 0 heterocycles. The minimum Gasteiger partial charge on any atom is -0.368 e. The second-order valence-electron chi connectivity index (χ2n) is 5.57. The molecule has 1 atom stereocenters. The number of hydrogen-bond donors (Lipinski definition) is 1. The molecule has 1 fully saturated rings. The Kier molecular flexibility index (Phi) is 4.81. The first-order valence-electron chi connectivity index (χ1n) is 7.46. The van der Waals surface area contributed by atoms with Crippen LogP contribution in [0.4, 0.5) is 10.1 Å². The van der Waals surface area contributed by atoms with Gasteiger partial charge in [-0.25, -0.2) is 4.39 Å². The lowest BCUT2D eigenvalue weighted by Crippen LogP contribution is -2.29. The molecule has 0 radical (unpaired) electrons. The molecule has 0 saturated heterocycles. The lowest BCUT2D eigenvalue weighted by atomic mass is 10.0. The smallest absolute Gasteiger partial charge is 0.123 e. The van der Waals surface area contributed by atoms with Gasteiger partial charge in [-0.2, -0.15) is 0 Å². The van der Waals surface area contributed by atoms with Crippen molar-refractivity contribution in [1.82, 2.24) is 0 Å². The number of rotatable bonds is 7. The zero-order valence-corrected chi connectivity index (χ0v) is 12.0. The molecule has 1 aliphatic rings. The molecule has 1 aliphatic carbocycles. The van der Waals surface area contributed by atoms with E-state index in [4.69, 9.17) is 5.73 Å². The van der Waals surface area contributed by atoms with E-state index in [2.05, 4.69) is 18.7 Å². The van der Waals surface area contributed by atoms with Gasteiger partial charge in [-0.1, -0.05) is 13.8 Å². The third-order valence-electron chi connectivity index (χ3n) is 3.81. The van der Waals surface area contributed by atoms with Gasteiger partial charge in [0, 0.05) is 24.3 Å². The number of benzene rings is 1. The van der Waals surface area contributed by atoms with E-state index in [-0.39, 0.29) is 11.9 Å². The van der Waals surface area contributed by atoms with Crippen molar-refractivity contribution in [3.8, 4) is 0 Å². The summed E-state index contributed by atoms with van der Waals surface area (Å²) in [4.78, 5) is 2.44. The van der Waals surface area contributed by atoms with Crippen LogP contribution in [0, 0.1) is 5.82 Å². The molecule has 1 aromatic carbocycles. The largest absolute Gasteiger partial charge is 0.368 e. The van der Waals surface area contributed by atoms with E-state index in [0.29, 0.717) is 6.04 Å². The van der Waals surface area contributed by atoms with Crippen molar-refractivity contribution in [1.29, 1.82) is 0 Å². The zero-order valence-electron chi connectivity index (χ0n) is 12.0. The maximum Gasteiger partial charge on any atom is 0.123 e. The van der Waals surface area contributed by atoms with Crippen LogP contribution >= 0.6 is 0 Å². The van der Waals surface area contributed by atoms with E-state index in [1.165, 1.54) is 18.5 Å². The fraction of sp³-hybridized carbons (Fsp3) is 0.625. The maximum atomic E-state index is 13.5. The van der Waals surface area contributed by atoms with Crippen LogP contribution in [0.15, 0.2) is 18.2 Å². The van der Waals surface area contributed by atoms with Gasteiger partial charge in [0.05, 0.1) is 0 Å². The van der Waals surface area contributed by atoms with Crippen molar-refractivity contribution >= 4 is 5.69 Å². The van der Waals surface area contributed by atoms with Crippen molar-refractivity contribution in [2.75, 3.05) is 11.4 Å². The lowest BCUT2D eigenvalue weighted by molar-refractivity contribution is 0.612. The molecular weight excluding hydrogens is 239 g/mol. The summed E-state index contributed by atoms with van der Waals surface area (Å²) < 4.78 is 13.5. The molecule has 2 rings (SSSR count). The predicted molar refractivity (Wildman–Crippen MR) is 79.0 cm³/mol. The first kappa shape index (κ1) is 14.3. The SMILES string of the molecule is CCCN(c1ccc(F)cc1CC(N)CC)C1CC1. The number of hydrogen-bond acceptors (Lipinski definition) is 2. The van der Waals surface area contributed by atoms with E-state index < -0.39 is 0 Å². The highest BCUT2D eigenvalue weighted by Gasteiger charge is 2.30. The molecule has 0 aromatic heterocycles. The van der Waals surface area contributed by atoms with Gasteiger partial charge < -0.3 is 10.6 Å². The molecule has 1 aromatic rings. The van der Waals surface area contributed by atoms with Gasteiger partial charge in [-0.3, -0.25) is 0 Å². The van der Waals surface area contributed by atoms with Crippen LogP contribution in [-0.4, -0.2) is 18.6 Å². The minimum absolute atomic E-state index is 0.114. The Hall–Kier alpha value is -1.09. The van der Waals surface area contributed by atoms with Gasteiger partial charge >= 0.3 is 0 Å². The summed E-state index contributed by atoms with van der Waals surface area (Å²) in [5.41, 5.74) is 8.30. The standard InChI is InChI=1S/C16H25FN2/c1-3-9-19(15-6-7-15)16-8-5-13(17)10-12(16)11-14(18)4-2/h5,8,10,14-15H,3-4,6-7,9,11,18H2,1-2H3. The molecule has 106 valence electrons. The minimum atomic E-state index is -0.158. The molecule has 0 amide bonds. The van der Waals surface area contributed by atoms with E-state index in [1.807, 2.05) is 6.07 Å². The molecule has 1 saturated carbocycles. The molecule has 0 spiro atoms. The highest BCUT2D eigenvalue weighted by molar-refractivity contribution is 5.56. The van der Waals surface area contributed by atoms with Crippen LogP contribution in [0.1, 0.15) is 45.1 Å². The van der Waals surface area contributed by atoms with Crippen molar-refractivity contribution in [3.63, 3.8) is 0 Å². The molecular formula is C16H25FN2. The van der Waals surface area contributed by atoms with Crippen LogP contribution in [0.5, 0.6) is 0 Å². The van der Waals surface area contributed by atoms with Gasteiger partial charge in [0.1, 0.15) is 5.82 Å². The van der Waals surface area contributed by atoms with Crippen LogP contribution in [0.25, 0.3) is 0 Å². The molecule has 19 heavy (non-hydrogen) atoms. The zero-order chi connectivity index (χ0) is 13.8. The Bertz CT molecular complexity index is 415. The topological polar surface area (TPSA) is 29.3 Å². The van der Waals surface area contributed by atoms with Gasteiger partial charge in [0.2, 0.25) is 0 Å². The molecule has 0 aliphatic heterocycles.